The van der Waals surface area contributed by atoms with Crippen LogP contribution in [0.1, 0.15) is 24.7 Å². The molecule has 124 valence electrons. The molecule has 0 aliphatic carbocycles. The average Bonchev–Trinajstić information content (AvgIpc) is 2.94. The predicted molar refractivity (Wildman–Crippen MR) is 82.5 cm³/mol. The molecule has 1 aromatic heterocycles. The lowest BCUT2D eigenvalue weighted by atomic mass is 10.3. The number of carbonyl (C=O) groups excluding carboxylic acids is 1. The van der Waals surface area contributed by atoms with Crippen LogP contribution in [0, 0.1) is 6.92 Å². The van der Waals surface area contributed by atoms with E-state index in [-0.39, 0.29) is 23.1 Å². The zero-order chi connectivity index (χ0) is 16.9. The van der Waals surface area contributed by atoms with Crippen molar-refractivity contribution in [3.8, 4) is 0 Å². The normalized spacial score (nSPS) is 12.6. The van der Waals surface area contributed by atoms with Crippen molar-refractivity contribution in [1.29, 1.82) is 0 Å². The van der Waals surface area contributed by atoms with Gasteiger partial charge in [-0.05, 0) is 26.0 Å². The standard InChI is InChI=1S/C14H18N4O4S/c1-10(13-17-11(2)18-22-13)16-14(19)15-8-9-23(20,21)12-6-4-3-5-7-12/h3-7,10H,8-9H2,1-2H3,(H2,15,16,19)/t10-/m1/s1. The van der Waals surface area contributed by atoms with Gasteiger partial charge in [0.05, 0.1) is 10.6 Å². The van der Waals surface area contributed by atoms with Gasteiger partial charge in [0.25, 0.3) is 0 Å². The van der Waals surface area contributed by atoms with Crippen LogP contribution in [0.4, 0.5) is 4.79 Å². The van der Waals surface area contributed by atoms with Gasteiger partial charge in [0, 0.05) is 6.54 Å². The summed E-state index contributed by atoms with van der Waals surface area (Å²) in [4.78, 5) is 16.0. The molecule has 2 rings (SSSR count). The molecule has 0 saturated carbocycles. The Morgan fingerprint density at radius 2 is 2.00 bits per heavy atom. The Balaban J connectivity index is 1.81. The van der Waals surface area contributed by atoms with E-state index in [1.54, 1.807) is 32.0 Å². The number of hydrogen-bond donors (Lipinski definition) is 2. The van der Waals surface area contributed by atoms with E-state index in [2.05, 4.69) is 20.8 Å². The molecular weight excluding hydrogens is 320 g/mol. The second-order valence-corrected chi connectivity index (χ2v) is 7.04. The van der Waals surface area contributed by atoms with Gasteiger partial charge >= 0.3 is 6.03 Å². The van der Waals surface area contributed by atoms with Gasteiger partial charge in [0.1, 0.15) is 6.04 Å². The largest absolute Gasteiger partial charge is 0.337 e. The molecule has 9 heteroatoms. The first-order valence-electron chi connectivity index (χ1n) is 7.01. The summed E-state index contributed by atoms with van der Waals surface area (Å²) in [7, 11) is -3.42. The van der Waals surface area contributed by atoms with Crippen LogP contribution in [0.2, 0.25) is 0 Å². The van der Waals surface area contributed by atoms with Crippen molar-refractivity contribution in [3.05, 3.63) is 42.0 Å². The van der Waals surface area contributed by atoms with E-state index in [0.717, 1.165) is 0 Å². The Morgan fingerprint density at radius 3 is 2.61 bits per heavy atom. The van der Waals surface area contributed by atoms with E-state index in [0.29, 0.717) is 5.82 Å². The Kier molecular flexibility index (Phi) is 5.32. The van der Waals surface area contributed by atoms with Gasteiger partial charge in [-0.25, -0.2) is 13.2 Å². The molecule has 0 radical (unpaired) electrons. The zero-order valence-corrected chi connectivity index (χ0v) is 13.6. The molecule has 1 aromatic carbocycles. The van der Waals surface area contributed by atoms with Crippen LogP contribution < -0.4 is 10.6 Å². The van der Waals surface area contributed by atoms with Gasteiger partial charge in [-0.1, -0.05) is 23.4 Å². The molecule has 1 heterocycles. The molecule has 8 nitrogen and oxygen atoms in total. The number of urea groups is 1. The minimum absolute atomic E-state index is 0.00135. The van der Waals surface area contributed by atoms with Crippen molar-refractivity contribution >= 4 is 15.9 Å². The molecule has 0 aliphatic heterocycles. The number of sulfone groups is 1. The van der Waals surface area contributed by atoms with Gasteiger partial charge in [-0.3, -0.25) is 0 Å². The highest BCUT2D eigenvalue weighted by Crippen LogP contribution is 2.10. The number of hydrogen-bond acceptors (Lipinski definition) is 6. The molecule has 2 N–H and O–H groups in total. The Hall–Kier alpha value is -2.42. The lowest BCUT2D eigenvalue weighted by Crippen LogP contribution is -2.39. The van der Waals surface area contributed by atoms with Crippen LogP contribution in [-0.4, -0.2) is 36.9 Å². The molecule has 1 atom stereocenters. The summed E-state index contributed by atoms with van der Waals surface area (Å²) in [6, 6.07) is 7.12. The Morgan fingerprint density at radius 1 is 1.30 bits per heavy atom. The maximum atomic E-state index is 12.1. The number of carbonyl (C=O) groups is 1. The SMILES string of the molecule is Cc1noc([C@@H](C)NC(=O)NCCS(=O)(=O)c2ccccc2)n1. The fourth-order valence-corrected chi connectivity index (χ4v) is 3.02. The second-order valence-electron chi connectivity index (χ2n) is 4.93. The van der Waals surface area contributed by atoms with Crippen molar-refractivity contribution in [3.63, 3.8) is 0 Å². The van der Waals surface area contributed by atoms with Gasteiger partial charge in [0.15, 0.2) is 15.7 Å². The van der Waals surface area contributed by atoms with Crippen molar-refractivity contribution in [2.24, 2.45) is 0 Å². The minimum Gasteiger partial charge on any atom is -0.337 e. The zero-order valence-electron chi connectivity index (χ0n) is 12.8. The minimum atomic E-state index is -3.42. The van der Waals surface area contributed by atoms with Crippen LogP contribution in [0.3, 0.4) is 0 Å². The molecule has 2 aromatic rings. The van der Waals surface area contributed by atoms with Crippen LogP contribution in [-0.2, 0) is 9.84 Å². The number of rotatable bonds is 6. The number of amides is 2. The van der Waals surface area contributed by atoms with E-state index in [9.17, 15) is 13.2 Å². The third-order valence-corrected chi connectivity index (χ3v) is 4.75. The van der Waals surface area contributed by atoms with Crippen molar-refractivity contribution < 1.29 is 17.7 Å². The number of aromatic nitrogens is 2. The maximum Gasteiger partial charge on any atom is 0.315 e. The number of nitrogens with zero attached hydrogens (tertiary/aromatic N) is 2. The lowest BCUT2D eigenvalue weighted by Gasteiger charge is -2.11. The van der Waals surface area contributed by atoms with E-state index < -0.39 is 21.9 Å². The first kappa shape index (κ1) is 16.9. The Labute approximate surface area is 134 Å². The van der Waals surface area contributed by atoms with Crippen molar-refractivity contribution in [1.82, 2.24) is 20.8 Å². The topological polar surface area (TPSA) is 114 Å². The van der Waals surface area contributed by atoms with Crippen molar-refractivity contribution in [2.45, 2.75) is 24.8 Å². The smallest absolute Gasteiger partial charge is 0.315 e. The monoisotopic (exact) mass is 338 g/mol. The van der Waals surface area contributed by atoms with Gasteiger partial charge < -0.3 is 15.2 Å². The molecule has 2 amide bonds. The summed E-state index contributed by atoms with van der Waals surface area (Å²) in [6.07, 6.45) is 0. The van der Waals surface area contributed by atoms with Crippen LogP contribution in [0.25, 0.3) is 0 Å². The summed E-state index contributed by atoms with van der Waals surface area (Å²) in [6.45, 7) is 3.36. The molecule has 0 saturated heterocycles. The second kappa shape index (κ2) is 7.23. The highest BCUT2D eigenvalue weighted by molar-refractivity contribution is 7.91. The third kappa shape index (κ3) is 4.78. The van der Waals surface area contributed by atoms with E-state index >= 15 is 0 Å². The highest BCUT2D eigenvalue weighted by atomic mass is 32.2. The molecule has 0 bridgehead atoms. The maximum absolute atomic E-state index is 12.1. The lowest BCUT2D eigenvalue weighted by molar-refractivity contribution is 0.234. The van der Waals surface area contributed by atoms with Gasteiger partial charge in [-0.15, -0.1) is 0 Å². The summed E-state index contributed by atoms with van der Waals surface area (Å²) in [5.41, 5.74) is 0. The fraction of sp³-hybridized carbons (Fsp3) is 0.357. The first-order valence-corrected chi connectivity index (χ1v) is 8.66. The first-order chi connectivity index (χ1) is 10.9. The molecule has 23 heavy (non-hydrogen) atoms. The third-order valence-electron chi connectivity index (χ3n) is 3.02. The van der Waals surface area contributed by atoms with Gasteiger partial charge in [0.2, 0.25) is 5.89 Å². The van der Waals surface area contributed by atoms with Crippen LogP contribution >= 0.6 is 0 Å². The molecule has 0 unspecified atom stereocenters. The van der Waals surface area contributed by atoms with Crippen molar-refractivity contribution in [2.75, 3.05) is 12.3 Å². The quantitative estimate of drug-likeness (QED) is 0.818. The average molecular weight is 338 g/mol. The summed E-state index contributed by atoms with van der Waals surface area (Å²) in [5, 5.41) is 8.73. The molecule has 0 fully saturated rings. The molecule has 0 spiro atoms. The number of nitrogens with one attached hydrogen (secondary N) is 2. The highest BCUT2D eigenvalue weighted by Gasteiger charge is 2.17. The number of aryl methyl sites for hydroxylation is 1. The summed E-state index contributed by atoms with van der Waals surface area (Å²) >= 11 is 0. The van der Waals surface area contributed by atoms with E-state index in [1.807, 2.05) is 0 Å². The fourth-order valence-electron chi connectivity index (χ4n) is 1.84. The predicted octanol–water partition coefficient (Wildman–Crippen LogP) is 1.21. The van der Waals surface area contributed by atoms with E-state index in [4.69, 9.17) is 4.52 Å². The van der Waals surface area contributed by atoms with Gasteiger partial charge in [-0.2, -0.15) is 4.98 Å². The Bertz CT molecular complexity index is 758. The molecular formula is C14H18N4O4S. The molecule has 0 aliphatic rings. The van der Waals surface area contributed by atoms with Crippen LogP contribution in [0.5, 0.6) is 0 Å². The summed E-state index contributed by atoms with van der Waals surface area (Å²) in [5.74, 6) is 0.580. The van der Waals surface area contributed by atoms with E-state index in [1.165, 1.54) is 12.1 Å². The summed E-state index contributed by atoms with van der Waals surface area (Å²) < 4.78 is 29.1. The number of benzene rings is 1. The van der Waals surface area contributed by atoms with Crippen LogP contribution in [0.15, 0.2) is 39.8 Å².